The van der Waals surface area contributed by atoms with Gasteiger partial charge >= 0.3 is 0 Å². The highest BCUT2D eigenvalue weighted by atomic mass is 35.5. The topological polar surface area (TPSA) is 77.2 Å². The van der Waals surface area contributed by atoms with E-state index in [0.717, 1.165) is 0 Å². The summed E-state index contributed by atoms with van der Waals surface area (Å²) in [6.45, 7) is 1.50. The Bertz CT molecular complexity index is 454. The molecule has 1 aromatic carbocycles. The molecule has 1 amide bonds. The molecular formula is C11H10ClNO3. The third-order valence-corrected chi connectivity index (χ3v) is 2.22. The molecule has 1 atom stereocenters. The Morgan fingerprint density at radius 3 is 2.12 bits per heavy atom. The van der Waals surface area contributed by atoms with Crippen LogP contribution >= 0.6 is 11.6 Å². The summed E-state index contributed by atoms with van der Waals surface area (Å²) in [6, 6.07) is 5.95. The van der Waals surface area contributed by atoms with Crippen LogP contribution in [0.1, 0.15) is 27.6 Å². The SMILES string of the molecule is CC(Cl)C(=O)c1ccccc1C(=O)C(N)=O. The minimum atomic E-state index is -1.09. The van der Waals surface area contributed by atoms with Gasteiger partial charge in [0.15, 0.2) is 5.78 Å². The largest absolute Gasteiger partial charge is 0.363 e. The first-order chi connectivity index (χ1) is 7.45. The van der Waals surface area contributed by atoms with Crippen LogP contribution in [-0.4, -0.2) is 22.9 Å². The second kappa shape index (κ2) is 4.90. The van der Waals surface area contributed by atoms with Crippen LogP contribution in [0.3, 0.4) is 0 Å². The summed E-state index contributed by atoms with van der Waals surface area (Å²) in [5, 5.41) is -0.762. The second-order valence-electron chi connectivity index (χ2n) is 3.22. The van der Waals surface area contributed by atoms with Gasteiger partial charge in [-0.15, -0.1) is 11.6 Å². The van der Waals surface area contributed by atoms with Gasteiger partial charge in [0.2, 0.25) is 0 Å². The van der Waals surface area contributed by atoms with E-state index in [-0.39, 0.29) is 11.1 Å². The van der Waals surface area contributed by atoms with Gasteiger partial charge in [-0.2, -0.15) is 0 Å². The summed E-state index contributed by atoms with van der Waals surface area (Å²) in [5.74, 6) is -2.39. The average Bonchev–Trinajstić information content (AvgIpc) is 2.26. The summed E-state index contributed by atoms with van der Waals surface area (Å²) < 4.78 is 0. The van der Waals surface area contributed by atoms with E-state index in [1.807, 2.05) is 0 Å². The number of rotatable bonds is 4. The van der Waals surface area contributed by atoms with Crippen molar-refractivity contribution < 1.29 is 14.4 Å². The van der Waals surface area contributed by atoms with Gasteiger partial charge in [-0.3, -0.25) is 14.4 Å². The van der Waals surface area contributed by atoms with E-state index in [9.17, 15) is 14.4 Å². The molecule has 0 aliphatic heterocycles. The van der Waals surface area contributed by atoms with Crippen LogP contribution in [0.4, 0.5) is 0 Å². The van der Waals surface area contributed by atoms with Crippen LogP contribution in [0.5, 0.6) is 0 Å². The molecule has 0 aromatic heterocycles. The monoisotopic (exact) mass is 239 g/mol. The normalized spacial score (nSPS) is 11.9. The molecule has 0 aliphatic carbocycles. The van der Waals surface area contributed by atoms with E-state index in [2.05, 4.69) is 0 Å². The van der Waals surface area contributed by atoms with E-state index < -0.39 is 22.9 Å². The molecule has 0 radical (unpaired) electrons. The van der Waals surface area contributed by atoms with Crippen molar-refractivity contribution in [3.8, 4) is 0 Å². The Balaban J connectivity index is 3.25. The molecule has 0 spiro atoms. The van der Waals surface area contributed by atoms with Gasteiger partial charge in [-0.1, -0.05) is 24.3 Å². The highest BCUT2D eigenvalue weighted by Crippen LogP contribution is 2.14. The van der Waals surface area contributed by atoms with Crippen LogP contribution in [0.2, 0.25) is 0 Å². The number of carbonyl (C=O) groups excluding carboxylic acids is 3. The molecule has 1 unspecified atom stereocenters. The Morgan fingerprint density at radius 2 is 1.69 bits per heavy atom. The predicted octanol–water partition coefficient (Wildman–Crippen LogP) is 1.16. The lowest BCUT2D eigenvalue weighted by Gasteiger charge is -2.07. The van der Waals surface area contributed by atoms with E-state index >= 15 is 0 Å². The minimum Gasteiger partial charge on any atom is -0.363 e. The number of nitrogens with two attached hydrogens (primary N) is 1. The van der Waals surface area contributed by atoms with Crippen molar-refractivity contribution in [2.45, 2.75) is 12.3 Å². The van der Waals surface area contributed by atoms with Crippen molar-refractivity contribution in [1.29, 1.82) is 0 Å². The summed E-state index contributed by atoms with van der Waals surface area (Å²) in [6.07, 6.45) is 0. The van der Waals surface area contributed by atoms with Crippen LogP contribution in [0.15, 0.2) is 24.3 Å². The predicted molar refractivity (Wildman–Crippen MR) is 59.6 cm³/mol. The summed E-state index contributed by atoms with van der Waals surface area (Å²) in [5.41, 5.74) is 4.99. The molecule has 16 heavy (non-hydrogen) atoms. The Labute approximate surface area is 97.4 Å². The summed E-state index contributed by atoms with van der Waals surface area (Å²) in [7, 11) is 0. The van der Waals surface area contributed by atoms with Gasteiger partial charge in [-0.05, 0) is 6.92 Å². The first-order valence-electron chi connectivity index (χ1n) is 4.56. The first-order valence-corrected chi connectivity index (χ1v) is 5.00. The number of hydrogen-bond acceptors (Lipinski definition) is 3. The zero-order valence-corrected chi connectivity index (χ0v) is 9.32. The van der Waals surface area contributed by atoms with Crippen molar-refractivity contribution in [1.82, 2.24) is 0 Å². The Hall–Kier alpha value is -1.68. The zero-order valence-electron chi connectivity index (χ0n) is 8.57. The number of carbonyl (C=O) groups is 3. The third-order valence-electron chi connectivity index (χ3n) is 2.02. The lowest BCUT2D eigenvalue weighted by Crippen LogP contribution is -2.26. The molecule has 0 bridgehead atoms. The van der Waals surface area contributed by atoms with Crippen LogP contribution in [-0.2, 0) is 4.79 Å². The zero-order chi connectivity index (χ0) is 12.3. The number of alkyl halides is 1. The van der Waals surface area contributed by atoms with Crippen molar-refractivity contribution >= 4 is 29.1 Å². The number of Topliss-reactive ketones (excluding diaryl/α,β-unsaturated/α-hetero) is 2. The van der Waals surface area contributed by atoms with Gasteiger partial charge in [0, 0.05) is 11.1 Å². The maximum atomic E-state index is 11.7. The van der Waals surface area contributed by atoms with Crippen molar-refractivity contribution in [3.63, 3.8) is 0 Å². The standard InChI is InChI=1S/C11H10ClNO3/c1-6(12)9(14)7-4-2-3-5-8(7)10(15)11(13)16/h2-6H,1H3,(H2,13,16). The van der Waals surface area contributed by atoms with Gasteiger partial charge < -0.3 is 5.73 Å². The molecule has 0 saturated heterocycles. The maximum Gasteiger partial charge on any atom is 0.289 e. The fourth-order valence-corrected chi connectivity index (χ4v) is 1.36. The smallest absolute Gasteiger partial charge is 0.289 e. The molecule has 1 aromatic rings. The van der Waals surface area contributed by atoms with Crippen LogP contribution in [0, 0.1) is 0 Å². The molecular weight excluding hydrogens is 230 g/mol. The highest BCUT2D eigenvalue weighted by molar-refractivity contribution is 6.44. The van der Waals surface area contributed by atoms with Gasteiger partial charge in [0.05, 0.1) is 5.38 Å². The highest BCUT2D eigenvalue weighted by Gasteiger charge is 2.22. The van der Waals surface area contributed by atoms with Crippen molar-refractivity contribution in [2.75, 3.05) is 0 Å². The van der Waals surface area contributed by atoms with Crippen LogP contribution in [0.25, 0.3) is 0 Å². The number of benzene rings is 1. The van der Waals surface area contributed by atoms with Gasteiger partial charge in [0.1, 0.15) is 0 Å². The number of primary amides is 1. The fourth-order valence-electron chi connectivity index (χ4n) is 1.24. The third kappa shape index (κ3) is 2.46. The second-order valence-corrected chi connectivity index (χ2v) is 3.87. The molecule has 5 heteroatoms. The van der Waals surface area contributed by atoms with Crippen molar-refractivity contribution in [3.05, 3.63) is 35.4 Å². The number of ketones is 2. The molecule has 2 N–H and O–H groups in total. The lowest BCUT2D eigenvalue weighted by molar-refractivity contribution is -0.114. The van der Waals surface area contributed by atoms with Gasteiger partial charge in [0.25, 0.3) is 11.7 Å². The summed E-state index contributed by atoms with van der Waals surface area (Å²) in [4.78, 5) is 33.9. The maximum absolute atomic E-state index is 11.7. The molecule has 0 heterocycles. The molecule has 0 aliphatic rings. The number of halogens is 1. The van der Waals surface area contributed by atoms with E-state index in [1.165, 1.54) is 19.1 Å². The number of amides is 1. The van der Waals surface area contributed by atoms with Crippen molar-refractivity contribution in [2.24, 2.45) is 5.73 Å². The minimum absolute atomic E-state index is 0.00694. The van der Waals surface area contributed by atoms with E-state index in [0.29, 0.717) is 0 Å². The first kappa shape index (κ1) is 12.4. The van der Waals surface area contributed by atoms with Crippen LogP contribution < -0.4 is 5.73 Å². The molecule has 0 saturated carbocycles. The fraction of sp³-hybridized carbons (Fsp3) is 0.182. The number of hydrogen-bond donors (Lipinski definition) is 1. The lowest BCUT2D eigenvalue weighted by atomic mass is 9.98. The quantitative estimate of drug-likeness (QED) is 0.487. The van der Waals surface area contributed by atoms with E-state index in [1.54, 1.807) is 12.1 Å². The molecule has 1 rings (SSSR count). The molecule has 84 valence electrons. The van der Waals surface area contributed by atoms with E-state index in [4.69, 9.17) is 17.3 Å². The Kier molecular flexibility index (Phi) is 3.79. The average molecular weight is 240 g/mol. The van der Waals surface area contributed by atoms with Gasteiger partial charge in [-0.25, -0.2) is 0 Å². The summed E-state index contributed by atoms with van der Waals surface area (Å²) >= 11 is 5.64. The Morgan fingerprint density at radius 1 is 1.19 bits per heavy atom. The molecule has 4 nitrogen and oxygen atoms in total. The molecule has 0 fully saturated rings.